The van der Waals surface area contributed by atoms with Crippen LogP contribution in [0.2, 0.25) is 0 Å². The lowest BCUT2D eigenvalue weighted by molar-refractivity contribution is 0.229. The Hall–Kier alpha value is -0.730. The number of rotatable bonds is 5. The fraction of sp³-hybridized carbons (Fsp3) is 0.917. The summed E-state index contributed by atoms with van der Waals surface area (Å²) >= 11 is 0. The maximum absolute atomic E-state index is 11.4. The molecule has 2 N–H and O–H groups in total. The van der Waals surface area contributed by atoms with Crippen LogP contribution in [-0.2, 0) is 0 Å². The molecule has 0 aromatic heterocycles. The summed E-state index contributed by atoms with van der Waals surface area (Å²) in [5.41, 5.74) is 0. The molecule has 1 saturated carbocycles. The topological polar surface area (TPSA) is 41.1 Å². The number of amides is 2. The molecule has 0 spiro atoms. The average molecular weight is 212 g/mol. The smallest absolute Gasteiger partial charge is 0.315 e. The van der Waals surface area contributed by atoms with Gasteiger partial charge in [-0.15, -0.1) is 0 Å². The second-order valence-corrected chi connectivity index (χ2v) is 5.28. The summed E-state index contributed by atoms with van der Waals surface area (Å²) in [5, 5.41) is 5.90. The fourth-order valence-electron chi connectivity index (χ4n) is 1.92. The Kier molecular flexibility index (Phi) is 4.43. The van der Waals surface area contributed by atoms with Crippen molar-refractivity contribution in [1.29, 1.82) is 0 Å². The van der Waals surface area contributed by atoms with Gasteiger partial charge in [-0.3, -0.25) is 0 Å². The van der Waals surface area contributed by atoms with Crippen molar-refractivity contribution < 1.29 is 4.79 Å². The lowest BCUT2D eigenvalue weighted by Crippen LogP contribution is -2.41. The Morgan fingerprint density at radius 1 is 1.20 bits per heavy atom. The molecule has 3 heteroatoms. The van der Waals surface area contributed by atoms with Gasteiger partial charge >= 0.3 is 6.03 Å². The van der Waals surface area contributed by atoms with E-state index in [-0.39, 0.29) is 6.03 Å². The molecule has 88 valence electrons. The summed E-state index contributed by atoms with van der Waals surface area (Å²) < 4.78 is 0. The minimum absolute atomic E-state index is 0.00352. The molecule has 0 atom stereocenters. The van der Waals surface area contributed by atoms with Crippen molar-refractivity contribution in [1.82, 2.24) is 10.6 Å². The summed E-state index contributed by atoms with van der Waals surface area (Å²) in [6, 6.07) is 0.449. The third-order valence-electron chi connectivity index (χ3n) is 3.12. The first-order valence-corrected chi connectivity index (χ1v) is 6.05. The number of hydrogen-bond acceptors (Lipinski definition) is 1. The first-order valence-electron chi connectivity index (χ1n) is 6.05. The van der Waals surface area contributed by atoms with Gasteiger partial charge in [0.2, 0.25) is 0 Å². The maximum Gasteiger partial charge on any atom is 0.315 e. The lowest BCUT2D eigenvalue weighted by atomic mass is 9.85. The summed E-state index contributed by atoms with van der Waals surface area (Å²) in [4.78, 5) is 11.4. The van der Waals surface area contributed by atoms with E-state index in [1.54, 1.807) is 0 Å². The van der Waals surface area contributed by atoms with Crippen molar-refractivity contribution in [3.63, 3.8) is 0 Å². The lowest BCUT2D eigenvalue weighted by Gasteiger charge is -2.25. The Morgan fingerprint density at radius 3 is 2.13 bits per heavy atom. The van der Waals surface area contributed by atoms with E-state index < -0.39 is 0 Å². The summed E-state index contributed by atoms with van der Waals surface area (Å²) in [6.45, 7) is 9.64. The zero-order chi connectivity index (χ0) is 11.4. The average Bonchev–Trinajstić information content (AvgIpc) is 2.86. The van der Waals surface area contributed by atoms with Crippen LogP contribution in [-0.4, -0.2) is 18.6 Å². The molecular weight excluding hydrogens is 188 g/mol. The van der Waals surface area contributed by atoms with Gasteiger partial charge in [-0.2, -0.15) is 0 Å². The number of nitrogens with one attached hydrogen (secondary N) is 2. The molecule has 3 nitrogen and oxygen atoms in total. The van der Waals surface area contributed by atoms with Crippen LogP contribution in [0.1, 0.15) is 40.5 Å². The molecule has 1 rings (SSSR count). The zero-order valence-corrected chi connectivity index (χ0v) is 10.3. The summed E-state index contributed by atoms with van der Waals surface area (Å²) in [7, 11) is 0. The number of carbonyl (C=O) groups excluding carboxylic acids is 1. The van der Waals surface area contributed by atoms with Crippen molar-refractivity contribution in [3.8, 4) is 0 Å². The van der Waals surface area contributed by atoms with Crippen LogP contribution in [0.4, 0.5) is 4.79 Å². The summed E-state index contributed by atoms with van der Waals surface area (Å²) in [5.74, 6) is 1.80. The Bertz CT molecular complexity index is 202. The normalized spacial score (nSPS) is 16.2. The quantitative estimate of drug-likeness (QED) is 0.721. The highest BCUT2D eigenvalue weighted by Crippen LogP contribution is 2.20. The van der Waals surface area contributed by atoms with Crippen molar-refractivity contribution in [2.75, 3.05) is 6.54 Å². The molecule has 0 aliphatic heterocycles. The predicted octanol–water partition coefficient (Wildman–Crippen LogP) is 2.38. The van der Waals surface area contributed by atoms with Gasteiger partial charge in [-0.1, -0.05) is 27.7 Å². The Labute approximate surface area is 93.0 Å². The van der Waals surface area contributed by atoms with Gasteiger partial charge in [-0.05, 0) is 30.6 Å². The molecule has 0 heterocycles. The van der Waals surface area contributed by atoms with Gasteiger partial charge in [-0.25, -0.2) is 4.79 Å². The molecular formula is C12H24N2O. The SMILES string of the molecule is CC(C)C(CNC(=O)NC1CC1)C(C)C. The third-order valence-corrected chi connectivity index (χ3v) is 3.12. The van der Waals surface area contributed by atoms with Crippen LogP contribution in [0.15, 0.2) is 0 Å². The van der Waals surface area contributed by atoms with Gasteiger partial charge in [0.25, 0.3) is 0 Å². The molecule has 0 aromatic rings. The molecule has 15 heavy (non-hydrogen) atoms. The van der Waals surface area contributed by atoms with E-state index in [1.165, 1.54) is 0 Å². The Morgan fingerprint density at radius 2 is 1.73 bits per heavy atom. The predicted molar refractivity (Wildman–Crippen MR) is 62.7 cm³/mol. The van der Waals surface area contributed by atoms with E-state index in [2.05, 4.69) is 38.3 Å². The van der Waals surface area contributed by atoms with Crippen LogP contribution in [0.3, 0.4) is 0 Å². The van der Waals surface area contributed by atoms with Crippen molar-refractivity contribution in [3.05, 3.63) is 0 Å². The highest BCUT2D eigenvalue weighted by molar-refractivity contribution is 5.74. The van der Waals surface area contributed by atoms with E-state index in [0.717, 1.165) is 19.4 Å². The van der Waals surface area contributed by atoms with Crippen LogP contribution in [0.25, 0.3) is 0 Å². The molecule has 1 aliphatic rings. The van der Waals surface area contributed by atoms with Crippen LogP contribution >= 0.6 is 0 Å². The van der Waals surface area contributed by atoms with E-state index in [4.69, 9.17) is 0 Å². The molecule has 0 aromatic carbocycles. The number of urea groups is 1. The Balaban J connectivity index is 2.22. The monoisotopic (exact) mass is 212 g/mol. The number of hydrogen-bond donors (Lipinski definition) is 2. The number of carbonyl (C=O) groups is 1. The van der Waals surface area contributed by atoms with E-state index in [0.29, 0.717) is 23.8 Å². The minimum Gasteiger partial charge on any atom is -0.338 e. The third kappa shape index (κ3) is 4.54. The molecule has 2 amide bonds. The highest BCUT2D eigenvalue weighted by Gasteiger charge is 2.24. The van der Waals surface area contributed by atoms with E-state index in [1.807, 2.05) is 0 Å². The standard InChI is InChI=1S/C12H24N2O/c1-8(2)11(9(3)4)7-13-12(15)14-10-5-6-10/h8-11H,5-7H2,1-4H3,(H2,13,14,15). The molecule has 0 unspecified atom stereocenters. The van der Waals surface area contributed by atoms with Gasteiger partial charge in [0.1, 0.15) is 0 Å². The summed E-state index contributed by atoms with van der Waals surface area (Å²) in [6.07, 6.45) is 2.29. The largest absolute Gasteiger partial charge is 0.338 e. The molecule has 1 aliphatic carbocycles. The van der Waals surface area contributed by atoms with Gasteiger partial charge < -0.3 is 10.6 Å². The zero-order valence-electron chi connectivity index (χ0n) is 10.3. The van der Waals surface area contributed by atoms with Crippen LogP contribution in [0.5, 0.6) is 0 Å². The fourth-order valence-corrected chi connectivity index (χ4v) is 1.92. The van der Waals surface area contributed by atoms with Crippen molar-refractivity contribution >= 4 is 6.03 Å². The highest BCUT2D eigenvalue weighted by atomic mass is 16.2. The molecule has 1 fully saturated rings. The van der Waals surface area contributed by atoms with Gasteiger partial charge in [0, 0.05) is 12.6 Å². The second kappa shape index (κ2) is 5.38. The minimum atomic E-state index is 0.00352. The van der Waals surface area contributed by atoms with Crippen LogP contribution in [0, 0.1) is 17.8 Å². The van der Waals surface area contributed by atoms with Gasteiger partial charge in [0.05, 0.1) is 0 Å². The first kappa shape index (κ1) is 12.3. The first-order chi connectivity index (χ1) is 7.00. The molecule has 0 saturated heterocycles. The van der Waals surface area contributed by atoms with Gasteiger partial charge in [0.15, 0.2) is 0 Å². The van der Waals surface area contributed by atoms with Crippen molar-refractivity contribution in [2.24, 2.45) is 17.8 Å². The van der Waals surface area contributed by atoms with Crippen LogP contribution < -0.4 is 10.6 Å². The second-order valence-electron chi connectivity index (χ2n) is 5.28. The van der Waals surface area contributed by atoms with E-state index >= 15 is 0 Å². The van der Waals surface area contributed by atoms with Crippen molar-refractivity contribution in [2.45, 2.75) is 46.6 Å². The molecule has 0 radical (unpaired) electrons. The van der Waals surface area contributed by atoms with E-state index in [9.17, 15) is 4.79 Å². The molecule has 0 bridgehead atoms. The maximum atomic E-state index is 11.4.